The van der Waals surface area contributed by atoms with E-state index in [9.17, 15) is 0 Å². The third-order valence-electron chi connectivity index (χ3n) is 3.02. The lowest BCUT2D eigenvalue weighted by atomic mass is 10.3. The molecule has 0 amide bonds. The molecule has 18 heavy (non-hydrogen) atoms. The van der Waals surface area contributed by atoms with Gasteiger partial charge in [-0.1, -0.05) is 18.2 Å². The standard InChI is InChI=1S/C14H20N4/c1-12-11-18(14(15)16-12)10-6-9-17(2)13-7-4-3-5-8-13/h3-5,7-8,11H,6,9-10H2,1-2H3,(H2,15,16). The molecule has 0 saturated heterocycles. The summed E-state index contributed by atoms with van der Waals surface area (Å²) in [5.74, 6) is 0.606. The summed E-state index contributed by atoms with van der Waals surface area (Å²) in [5, 5.41) is 0. The first-order valence-corrected chi connectivity index (χ1v) is 6.22. The van der Waals surface area contributed by atoms with Gasteiger partial charge in [-0.2, -0.15) is 0 Å². The zero-order valence-corrected chi connectivity index (χ0v) is 11.0. The van der Waals surface area contributed by atoms with E-state index >= 15 is 0 Å². The Morgan fingerprint density at radius 1 is 1.28 bits per heavy atom. The maximum atomic E-state index is 5.81. The Morgan fingerprint density at radius 3 is 2.61 bits per heavy atom. The monoisotopic (exact) mass is 244 g/mol. The maximum Gasteiger partial charge on any atom is 0.200 e. The number of nitrogens with two attached hydrogens (primary N) is 1. The minimum Gasteiger partial charge on any atom is -0.375 e. The molecule has 0 aliphatic heterocycles. The molecule has 4 heteroatoms. The van der Waals surface area contributed by atoms with E-state index in [1.165, 1.54) is 5.69 Å². The molecule has 0 aliphatic carbocycles. The fourth-order valence-electron chi connectivity index (χ4n) is 2.03. The molecule has 96 valence electrons. The average molecular weight is 244 g/mol. The molecule has 1 aromatic carbocycles. The van der Waals surface area contributed by atoms with Gasteiger partial charge in [0.2, 0.25) is 0 Å². The minimum absolute atomic E-state index is 0.606. The lowest BCUT2D eigenvalue weighted by molar-refractivity contribution is 0.644. The smallest absolute Gasteiger partial charge is 0.200 e. The lowest BCUT2D eigenvalue weighted by Gasteiger charge is -2.19. The summed E-state index contributed by atoms with van der Waals surface area (Å²) in [6.45, 7) is 3.87. The molecule has 0 radical (unpaired) electrons. The molecule has 0 saturated carbocycles. The number of hydrogen-bond donors (Lipinski definition) is 1. The third kappa shape index (κ3) is 3.03. The molecule has 4 nitrogen and oxygen atoms in total. The molecule has 2 aromatic rings. The van der Waals surface area contributed by atoms with Gasteiger partial charge in [-0.25, -0.2) is 4.98 Å². The topological polar surface area (TPSA) is 47.1 Å². The number of aromatic nitrogens is 2. The first-order valence-electron chi connectivity index (χ1n) is 6.22. The minimum atomic E-state index is 0.606. The van der Waals surface area contributed by atoms with Crippen LogP contribution in [0.5, 0.6) is 0 Å². The highest BCUT2D eigenvalue weighted by atomic mass is 15.1. The van der Waals surface area contributed by atoms with Gasteiger partial charge in [-0.3, -0.25) is 0 Å². The van der Waals surface area contributed by atoms with Crippen molar-refractivity contribution in [2.45, 2.75) is 19.9 Å². The van der Waals surface area contributed by atoms with E-state index in [2.05, 4.69) is 41.2 Å². The number of hydrogen-bond acceptors (Lipinski definition) is 3. The van der Waals surface area contributed by atoms with Crippen molar-refractivity contribution in [2.75, 3.05) is 24.2 Å². The van der Waals surface area contributed by atoms with Crippen LogP contribution >= 0.6 is 0 Å². The summed E-state index contributed by atoms with van der Waals surface area (Å²) in [5.41, 5.74) is 8.03. The second-order valence-electron chi connectivity index (χ2n) is 4.54. The van der Waals surface area contributed by atoms with Crippen LogP contribution in [0.25, 0.3) is 0 Å². The number of anilines is 2. The van der Waals surface area contributed by atoms with E-state index in [1.54, 1.807) is 0 Å². The Labute approximate surface area is 108 Å². The number of nitrogen functional groups attached to an aromatic ring is 1. The molecule has 0 unspecified atom stereocenters. The van der Waals surface area contributed by atoms with Crippen LogP contribution in [0.15, 0.2) is 36.5 Å². The summed E-state index contributed by atoms with van der Waals surface area (Å²) in [7, 11) is 2.11. The van der Waals surface area contributed by atoms with Crippen molar-refractivity contribution in [3.05, 3.63) is 42.2 Å². The van der Waals surface area contributed by atoms with Crippen molar-refractivity contribution in [3.63, 3.8) is 0 Å². The van der Waals surface area contributed by atoms with Crippen molar-refractivity contribution >= 4 is 11.6 Å². The van der Waals surface area contributed by atoms with Gasteiger partial charge in [0.1, 0.15) is 0 Å². The van der Waals surface area contributed by atoms with Crippen LogP contribution in [0.3, 0.4) is 0 Å². The van der Waals surface area contributed by atoms with E-state index < -0.39 is 0 Å². The fourth-order valence-corrected chi connectivity index (χ4v) is 2.03. The van der Waals surface area contributed by atoms with Crippen molar-refractivity contribution < 1.29 is 0 Å². The first-order chi connectivity index (χ1) is 8.66. The molecule has 0 aliphatic rings. The molecular weight excluding hydrogens is 224 g/mol. The van der Waals surface area contributed by atoms with Crippen LogP contribution < -0.4 is 10.6 Å². The Kier molecular flexibility index (Phi) is 3.87. The number of benzene rings is 1. The molecule has 0 bridgehead atoms. The first kappa shape index (κ1) is 12.5. The molecular formula is C14H20N4. The summed E-state index contributed by atoms with van der Waals surface area (Å²) >= 11 is 0. The van der Waals surface area contributed by atoms with Crippen LogP contribution in [0, 0.1) is 6.92 Å². The summed E-state index contributed by atoms with van der Waals surface area (Å²) < 4.78 is 2.01. The Bertz CT molecular complexity index is 490. The average Bonchev–Trinajstić information content (AvgIpc) is 2.69. The summed E-state index contributed by atoms with van der Waals surface area (Å²) in [6, 6.07) is 10.4. The van der Waals surface area contributed by atoms with Gasteiger partial charge in [0.15, 0.2) is 5.95 Å². The largest absolute Gasteiger partial charge is 0.375 e. The van der Waals surface area contributed by atoms with E-state index in [1.807, 2.05) is 23.8 Å². The van der Waals surface area contributed by atoms with Gasteiger partial charge in [0.25, 0.3) is 0 Å². The van der Waals surface area contributed by atoms with Gasteiger partial charge in [0, 0.05) is 32.0 Å². The van der Waals surface area contributed by atoms with Gasteiger partial charge >= 0.3 is 0 Å². The van der Waals surface area contributed by atoms with Crippen LogP contribution in [0.2, 0.25) is 0 Å². The van der Waals surface area contributed by atoms with Crippen molar-refractivity contribution in [2.24, 2.45) is 0 Å². The Balaban J connectivity index is 1.84. The Morgan fingerprint density at radius 2 is 2.00 bits per heavy atom. The van der Waals surface area contributed by atoms with E-state index in [-0.39, 0.29) is 0 Å². The summed E-state index contributed by atoms with van der Waals surface area (Å²) in [6.07, 6.45) is 3.04. The highest BCUT2D eigenvalue weighted by Crippen LogP contribution is 2.12. The predicted octanol–water partition coefficient (Wildman–Crippen LogP) is 2.30. The van der Waals surface area contributed by atoms with Crippen molar-refractivity contribution in [1.29, 1.82) is 0 Å². The maximum absolute atomic E-state index is 5.81. The number of aryl methyl sites for hydroxylation is 2. The quantitative estimate of drug-likeness (QED) is 0.878. The highest BCUT2D eigenvalue weighted by Gasteiger charge is 2.03. The van der Waals surface area contributed by atoms with Crippen LogP contribution in [0.1, 0.15) is 12.1 Å². The molecule has 1 aromatic heterocycles. The second kappa shape index (κ2) is 5.58. The third-order valence-corrected chi connectivity index (χ3v) is 3.02. The second-order valence-corrected chi connectivity index (χ2v) is 4.54. The number of imidazole rings is 1. The van der Waals surface area contributed by atoms with Crippen LogP contribution in [-0.2, 0) is 6.54 Å². The number of rotatable bonds is 5. The van der Waals surface area contributed by atoms with Gasteiger partial charge in [-0.15, -0.1) is 0 Å². The Hall–Kier alpha value is -1.97. The number of nitrogens with zero attached hydrogens (tertiary/aromatic N) is 3. The van der Waals surface area contributed by atoms with E-state index in [0.717, 1.165) is 25.2 Å². The molecule has 0 spiro atoms. The molecule has 0 atom stereocenters. The molecule has 2 N–H and O–H groups in total. The SMILES string of the molecule is Cc1cn(CCCN(C)c2ccccc2)c(N)n1. The summed E-state index contributed by atoms with van der Waals surface area (Å²) in [4.78, 5) is 6.44. The molecule has 1 heterocycles. The van der Waals surface area contributed by atoms with Crippen molar-refractivity contribution in [1.82, 2.24) is 9.55 Å². The number of para-hydroxylation sites is 1. The predicted molar refractivity (Wildman–Crippen MR) is 75.7 cm³/mol. The van der Waals surface area contributed by atoms with E-state index in [4.69, 9.17) is 5.73 Å². The zero-order chi connectivity index (χ0) is 13.0. The lowest BCUT2D eigenvalue weighted by Crippen LogP contribution is -2.19. The molecule has 0 fully saturated rings. The van der Waals surface area contributed by atoms with E-state index in [0.29, 0.717) is 5.95 Å². The van der Waals surface area contributed by atoms with Gasteiger partial charge in [-0.05, 0) is 25.5 Å². The van der Waals surface area contributed by atoms with Crippen LogP contribution in [-0.4, -0.2) is 23.1 Å². The van der Waals surface area contributed by atoms with Gasteiger partial charge < -0.3 is 15.2 Å². The highest BCUT2D eigenvalue weighted by molar-refractivity contribution is 5.44. The fraction of sp³-hybridized carbons (Fsp3) is 0.357. The molecule has 2 rings (SSSR count). The van der Waals surface area contributed by atoms with Crippen LogP contribution in [0.4, 0.5) is 11.6 Å². The van der Waals surface area contributed by atoms with Gasteiger partial charge in [0.05, 0.1) is 5.69 Å². The van der Waals surface area contributed by atoms with Crippen molar-refractivity contribution in [3.8, 4) is 0 Å². The normalized spacial score (nSPS) is 10.6. The zero-order valence-electron chi connectivity index (χ0n) is 11.0.